The Morgan fingerprint density at radius 2 is 1.96 bits per heavy atom. The van der Waals surface area contributed by atoms with Crippen molar-refractivity contribution in [3.8, 4) is 5.69 Å². The van der Waals surface area contributed by atoms with Gasteiger partial charge in [0.2, 0.25) is 0 Å². The molecule has 0 amide bonds. The van der Waals surface area contributed by atoms with Crippen LogP contribution in [-0.4, -0.2) is 24.5 Å². The first-order valence-corrected chi connectivity index (χ1v) is 9.02. The van der Waals surface area contributed by atoms with Crippen LogP contribution in [0.15, 0.2) is 47.9 Å². The van der Waals surface area contributed by atoms with Gasteiger partial charge in [-0.05, 0) is 25.0 Å². The lowest BCUT2D eigenvalue weighted by molar-refractivity contribution is 0.591. The van der Waals surface area contributed by atoms with Crippen molar-refractivity contribution < 1.29 is 0 Å². The summed E-state index contributed by atoms with van der Waals surface area (Å²) in [7, 11) is 0. The van der Waals surface area contributed by atoms with Gasteiger partial charge in [-0.2, -0.15) is 5.10 Å². The molecule has 3 aromatic rings. The Bertz CT molecular complexity index is 777. The van der Waals surface area contributed by atoms with Gasteiger partial charge in [-0.25, -0.2) is 4.68 Å². The predicted molar refractivity (Wildman–Crippen MR) is 90.7 cm³/mol. The molecule has 23 heavy (non-hydrogen) atoms. The molecular weight excluding hydrogens is 306 g/mol. The lowest BCUT2D eigenvalue weighted by atomic mass is 10.2. The third-order valence-electron chi connectivity index (χ3n) is 4.10. The highest BCUT2D eigenvalue weighted by molar-refractivity contribution is 7.98. The molecule has 1 aliphatic rings. The van der Waals surface area contributed by atoms with Crippen LogP contribution in [0, 0.1) is 0 Å². The molecule has 3 heterocycles. The largest absolute Gasteiger partial charge is 0.306 e. The zero-order chi connectivity index (χ0) is 15.5. The fraction of sp³-hybridized carbons (Fsp3) is 0.353. The third-order valence-corrected chi connectivity index (χ3v) is 5.14. The maximum Gasteiger partial charge on any atom is 0.191 e. The number of aryl methyl sites for hydroxylation is 1. The molecule has 0 saturated heterocycles. The minimum absolute atomic E-state index is 0.866. The minimum atomic E-state index is 0.866. The number of thioether (sulfide) groups is 1. The van der Waals surface area contributed by atoms with E-state index < -0.39 is 0 Å². The molecule has 0 N–H and O–H groups in total. The van der Waals surface area contributed by atoms with E-state index in [-0.39, 0.29) is 0 Å². The van der Waals surface area contributed by atoms with Gasteiger partial charge < -0.3 is 4.57 Å². The van der Waals surface area contributed by atoms with Gasteiger partial charge in [-0.15, -0.1) is 10.2 Å². The summed E-state index contributed by atoms with van der Waals surface area (Å²) in [6, 6.07) is 10.2. The summed E-state index contributed by atoms with van der Waals surface area (Å²) >= 11 is 1.75. The summed E-state index contributed by atoms with van der Waals surface area (Å²) in [5.74, 6) is 2.01. The summed E-state index contributed by atoms with van der Waals surface area (Å²) in [6.45, 7) is 1.05. The number of benzene rings is 1. The molecule has 0 radical (unpaired) electrons. The Balaban J connectivity index is 1.46. The molecule has 0 saturated carbocycles. The molecule has 0 fully saturated rings. The van der Waals surface area contributed by atoms with Gasteiger partial charge in [0.25, 0.3) is 0 Å². The highest BCUT2D eigenvalue weighted by atomic mass is 32.2. The molecule has 6 heteroatoms. The van der Waals surface area contributed by atoms with E-state index in [2.05, 4.69) is 38.2 Å². The standard InChI is InChI=1S/C17H19N5S/c1-3-7-15(8-4-1)22-12-14(11-18-22)13-23-17-20-19-16-9-5-2-6-10-21(16)17/h1,3-4,7-8,11-12H,2,5-6,9-10,13H2. The Morgan fingerprint density at radius 1 is 1.04 bits per heavy atom. The van der Waals surface area contributed by atoms with Gasteiger partial charge in [0.1, 0.15) is 5.82 Å². The molecule has 4 rings (SSSR count). The summed E-state index contributed by atoms with van der Waals surface area (Å²) in [5, 5.41) is 14.2. The Hall–Kier alpha value is -2.08. The summed E-state index contributed by atoms with van der Waals surface area (Å²) in [6.07, 6.45) is 8.82. The molecule has 1 aliphatic heterocycles. The summed E-state index contributed by atoms with van der Waals surface area (Å²) in [4.78, 5) is 0. The van der Waals surface area contributed by atoms with Crippen molar-refractivity contribution in [2.45, 2.75) is 43.1 Å². The van der Waals surface area contributed by atoms with Crippen LogP contribution in [0.5, 0.6) is 0 Å². The van der Waals surface area contributed by atoms with Crippen LogP contribution in [-0.2, 0) is 18.7 Å². The van der Waals surface area contributed by atoms with Crippen LogP contribution in [0.4, 0.5) is 0 Å². The van der Waals surface area contributed by atoms with Crippen LogP contribution in [0.25, 0.3) is 5.69 Å². The molecule has 0 aliphatic carbocycles. The van der Waals surface area contributed by atoms with Gasteiger partial charge in [0.05, 0.1) is 11.9 Å². The monoisotopic (exact) mass is 325 g/mol. The fourth-order valence-electron chi connectivity index (χ4n) is 2.87. The second-order valence-electron chi connectivity index (χ2n) is 5.78. The van der Waals surface area contributed by atoms with Crippen molar-refractivity contribution in [3.63, 3.8) is 0 Å². The summed E-state index contributed by atoms with van der Waals surface area (Å²) in [5.41, 5.74) is 2.28. The maximum absolute atomic E-state index is 4.45. The highest BCUT2D eigenvalue weighted by Crippen LogP contribution is 2.25. The second-order valence-corrected chi connectivity index (χ2v) is 6.72. The Morgan fingerprint density at radius 3 is 2.87 bits per heavy atom. The molecule has 0 atom stereocenters. The number of aromatic nitrogens is 5. The smallest absolute Gasteiger partial charge is 0.191 e. The SMILES string of the molecule is c1ccc(-n2cc(CSc3nnc4n3CCCCC4)cn2)cc1. The van der Waals surface area contributed by atoms with E-state index in [9.17, 15) is 0 Å². The van der Waals surface area contributed by atoms with E-state index in [0.717, 1.165) is 35.4 Å². The molecular formula is C17H19N5S. The van der Waals surface area contributed by atoms with Gasteiger partial charge in [-0.3, -0.25) is 0 Å². The molecule has 0 unspecified atom stereocenters. The molecule has 0 spiro atoms. The lowest BCUT2D eigenvalue weighted by Gasteiger charge is -2.05. The highest BCUT2D eigenvalue weighted by Gasteiger charge is 2.15. The molecule has 5 nitrogen and oxygen atoms in total. The molecule has 2 aromatic heterocycles. The van der Waals surface area contributed by atoms with Crippen LogP contribution in [0.1, 0.15) is 30.7 Å². The lowest BCUT2D eigenvalue weighted by Crippen LogP contribution is -2.02. The van der Waals surface area contributed by atoms with E-state index in [1.54, 1.807) is 11.8 Å². The first-order valence-electron chi connectivity index (χ1n) is 8.04. The normalized spacial score (nSPS) is 14.4. The summed E-state index contributed by atoms with van der Waals surface area (Å²) < 4.78 is 4.21. The molecule has 0 bridgehead atoms. The average molecular weight is 325 g/mol. The van der Waals surface area contributed by atoms with E-state index >= 15 is 0 Å². The molecule has 118 valence electrons. The Labute approximate surface area is 139 Å². The first kappa shape index (κ1) is 14.5. The van der Waals surface area contributed by atoms with Crippen molar-refractivity contribution in [2.24, 2.45) is 0 Å². The number of para-hydroxylation sites is 1. The van der Waals surface area contributed by atoms with E-state index in [0.29, 0.717) is 0 Å². The number of fused-ring (bicyclic) bond motifs is 1. The van der Waals surface area contributed by atoms with Gasteiger partial charge in [0, 0.05) is 30.5 Å². The Kier molecular flexibility index (Phi) is 4.15. The number of nitrogens with zero attached hydrogens (tertiary/aromatic N) is 5. The van der Waals surface area contributed by atoms with Crippen molar-refractivity contribution >= 4 is 11.8 Å². The van der Waals surface area contributed by atoms with Crippen molar-refractivity contribution in [3.05, 3.63) is 54.1 Å². The van der Waals surface area contributed by atoms with E-state index in [4.69, 9.17) is 0 Å². The van der Waals surface area contributed by atoms with Gasteiger partial charge in [0.15, 0.2) is 5.16 Å². The third kappa shape index (κ3) is 3.17. The van der Waals surface area contributed by atoms with Crippen molar-refractivity contribution in [2.75, 3.05) is 0 Å². The van der Waals surface area contributed by atoms with Crippen LogP contribution >= 0.6 is 11.8 Å². The van der Waals surface area contributed by atoms with Gasteiger partial charge >= 0.3 is 0 Å². The van der Waals surface area contributed by atoms with E-state index in [1.807, 2.05) is 29.1 Å². The number of hydrogen-bond acceptors (Lipinski definition) is 4. The van der Waals surface area contributed by atoms with E-state index in [1.165, 1.54) is 24.8 Å². The average Bonchev–Trinajstić information content (AvgIpc) is 3.15. The first-order chi connectivity index (χ1) is 11.4. The predicted octanol–water partition coefficient (Wildman–Crippen LogP) is 3.48. The van der Waals surface area contributed by atoms with Crippen LogP contribution < -0.4 is 0 Å². The zero-order valence-electron chi connectivity index (χ0n) is 12.9. The van der Waals surface area contributed by atoms with Gasteiger partial charge in [-0.1, -0.05) is 36.4 Å². The van der Waals surface area contributed by atoms with Crippen molar-refractivity contribution in [1.82, 2.24) is 24.5 Å². The number of hydrogen-bond donors (Lipinski definition) is 0. The topological polar surface area (TPSA) is 48.5 Å². The number of rotatable bonds is 4. The maximum atomic E-state index is 4.45. The van der Waals surface area contributed by atoms with Crippen molar-refractivity contribution in [1.29, 1.82) is 0 Å². The minimum Gasteiger partial charge on any atom is -0.306 e. The molecule has 1 aromatic carbocycles. The quantitative estimate of drug-likeness (QED) is 0.689. The second kappa shape index (κ2) is 6.58. The van der Waals surface area contributed by atoms with Crippen LogP contribution in [0.3, 0.4) is 0 Å². The van der Waals surface area contributed by atoms with Crippen LogP contribution in [0.2, 0.25) is 0 Å². The zero-order valence-corrected chi connectivity index (χ0v) is 13.7. The fourth-order valence-corrected chi connectivity index (χ4v) is 3.77.